The third-order valence-electron chi connectivity index (χ3n) is 4.30. The molecule has 0 fully saturated rings. The fourth-order valence-corrected chi connectivity index (χ4v) is 2.86. The van der Waals surface area contributed by atoms with E-state index >= 15 is 0 Å². The van der Waals surface area contributed by atoms with Crippen LogP contribution >= 0.6 is 0 Å². The van der Waals surface area contributed by atoms with Crippen molar-refractivity contribution in [3.63, 3.8) is 0 Å². The van der Waals surface area contributed by atoms with E-state index in [1.807, 2.05) is 50.5 Å². The Hall–Kier alpha value is -3.47. The van der Waals surface area contributed by atoms with E-state index in [2.05, 4.69) is 39.1 Å². The summed E-state index contributed by atoms with van der Waals surface area (Å²) in [6.45, 7) is 0. The van der Waals surface area contributed by atoms with E-state index in [0.29, 0.717) is 17.2 Å². The third-order valence-corrected chi connectivity index (χ3v) is 4.30. The van der Waals surface area contributed by atoms with Crippen molar-refractivity contribution >= 4 is 22.4 Å². The zero-order chi connectivity index (χ0) is 18.1. The van der Waals surface area contributed by atoms with Crippen LogP contribution in [0.5, 0.6) is 0 Å². The van der Waals surface area contributed by atoms with E-state index in [0.717, 1.165) is 27.9 Å². The molecule has 2 aromatic heterocycles. The Bertz CT molecular complexity index is 1050. The summed E-state index contributed by atoms with van der Waals surface area (Å²) in [5.41, 5.74) is 11.2. The summed E-state index contributed by atoms with van der Waals surface area (Å²) < 4.78 is 0. The summed E-state index contributed by atoms with van der Waals surface area (Å²) in [7, 11) is 4.05. The fourth-order valence-electron chi connectivity index (χ4n) is 2.86. The number of pyridine rings is 1. The number of benzene rings is 2. The number of nitrogen functional groups attached to an aromatic ring is 1. The molecule has 0 saturated heterocycles. The first-order chi connectivity index (χ1) is 12.6. The Labute approximate surface area is 152 Å². The predicted octanol–water partition coefficient (Wildman–Crippen LogP) is 4.01. The Kier molecular flexibility index (Phi) is 3.97. The van der Waals surface area contributed by atoms with E-state index in [1.165, 1.54) is 0 Å². The number of hydrogen-bond acceptors (Lipinski definition) is 5. The van der Waals surface area contributed by atoms with E-state index in [9.17, 15) is 0 Å². The number of aromatic nitrogens is 3. The summed E-state index contributed by atoms with van der Waals surface area (Å²) in [6.07, 6.45) is 1.75. The molecule has 0 amide bonds. The van der Waals surface area contributed by atoms with Gasteiger partial charge in [-0.25, -0.2) is 15.0 Å². The fraction of sp³-hybridized carbons (Fsp3) is 0.0952. The highest BCUT2D eigenvalue weighted by Crippen LogP contribution is 2.29. The summed E-state index contributed by atoms with van der Waals surface area (Å²) in [4.78, 5) is 16.0. The number of anilines is 2. The molecular formula is C21H19N5. The molecule has 0 bridgehead atoms. The maximum atomic E-state index is 5.80. The van der Waals surface area contributed by atoms with Crippen LogP contribution in [0.1, 0.15) is 0 Å². The van der Waals surface area contributed by atoms with E-state index in [4.69, 9.17) is 10.7 Å². The molecule has 0 radical (unpaired) electrons. The highest BCUT2D eigenvalue weighted by molar-refractivity contribution is 5.91. The number of nitrogens with two attached hydrogens (primary N) is 1. The van der Waals surface area contributed by atoms with Gasteiger partial charge in [0.25, 0.3) is 0 Å². The van der Waals surface area contributed by atoms with Crippen LogP contribution < -0.4 is 10.6 Å². The van der Waals surface area contributed by atoms with E-state index < -0.39 is 0 Å². The molecule has 0 aliphatic heterocycles. The smallest absolute Gasteiger partial charge is 0.163 e. The Morgan fingerprint density at radius 3 is 2.19 bits per heavy atom. The summed E-state index contributed by atoms with van der Waals surface area (Å²) in [5.74, 6) is 0.642. The average molecular weight is 341 g/mol. The van der Waals surface area contributed by atoms with Crippen LogP contribution in [-0.2, 0) is 0 Å². The number of nitrogens with zero attached hydrogens (tertiary/aromatic N) is 4. The second-order valence-electron chi connectivity index (χ2n) is 6.33. The Morgan fingerprint density at radius 1 is 0.808 bits per heavy atom. The minimum absolute atomic E-state index is 0.642. The molecule has 4 rings (SSSR count). The number of fused-ring (bicyclic) bond motifs is 1. The molecule has 0 atom stereocenters. The van der Waals surface area contributed by atoms with Crippen LogP contribution in [0.3, 0.4) is 0 Å². The largest absolute Gasteiger partial charge is 0.399 e. The van der Waals surface area contributed by atoms with Gasteiger partial charge in [0.05, 0.1) is 5.69 Å². The average Bonchev–Trinajstić information content (AvgIpc) is 2.68. The molecular weight excluding hydrogens is 322 g/mol. The second-order valence-corrected chi connectivity index (χ2v) is 6.33. The Morgan fingerprint density at radius 2 is 1.50 bits per heavy atom. The van der Waals surface area contributed by atoms with Gasteiger partial charge in [0, 0.05) is 48.2 Å². The van der Waals surface area contributed by atoms with Gasteiger partial charge >= 0.3 is 0 Å². The van der Waals surface area contributed by atoms with Crippen LogP contribution in [0, 0.1) is 0 Å². The van der Waals surface area contributed by atoms with Crippen molar-refractivity contribution in [2.75, 3.05) is 24.7 Å². The van der Waals surface area contributed by atoms with Crippen molar-refractivity contribution in [3.8, 4) is 22.6 Å². The van der Waals surface area contributed by atoms with Crippen molar-refractivity contribution in [2.45, 2.75) is 0 Å². The molecule has 0 saturated carbocycles. The lowest BCUT2D eigenvalue weighted by Gasteiger charge is -2.13. The molecule has 0 aliphatic rings. The molecule has 26 heavy (non-hydrogen) atoms. The molecule has 2 N–H and O–H groups in total. The van der Waals surface area contributed by atoms with Gasteiger partial charge in [0.2, 0.25) is 0 Å². The van der Waals surface area contributed by atoms with Gasteiger partial charge in [-0.05, 0) is 48.5 Å². The van der Waals surface area contributed by atoms with Crippen LogP contribution in [-0.4, -0.2) is 29.0 Å². The van der Waals surface area contributed by atoms with Crippen molar-refractivity contribution in [1.82, 2.24) is 15.0 Å². The predicted molar refractivity (Wildman–Crippen MR) is 107 cm³/mol. The van der Waals surface area contributed by atoms with Crippen molar-refractivity contribution in [2.24, 2.45) is 0 Å². The summed E-state index contributed by atoms with van der Waals surface area (Å²) in [5, 5.41) is 0.935. The normalized spacial score (nSPS) is 10.8. The summed E-state index contributed by atoms with van der Waals surface area (Å²) >= 11 is 0. The zero-order valence-electron chi connectivity index (χ0n) is 14.7. The highest BCUT2D eigenvalue weighted by atomic mass is 15.1. The van der Waals surface area contributed by atoms with Crippen LogP contribution in [0.25, 0.3) is 33.7 Å². The standard InChI is InChI=1S/C21H19N5/c1-26(2)17-11-7-14(8-12-17)19-18-4-3-13-23-21(18)25-20(24-19)15-5-9-16(22)10-6-15/h3-13H,22H2,1-2H3. The monoisotopic (exact) mass is 341 g/mol. The molecule has 4 aromatic rings. The minimum Gasteiger partial charge on any atom is -0.399 e. The Balaban J connectivity index is 1.91. The maximum absolute atomic E-state index is 5.80. The lowest BCUT2D eigenvalue weighted by molar-refractivity contribution is 1.13. The van der Waals surface area contributed by atoms with Crippen LogP contribution in [0.4, 0.5) is 11.4 Å². The highest BCUT2D eigenvalue weighted by Gasteiger charge is 2.12. The van der Waals surface area contributed by atoms with Gasteiger partial charge in [0.1, 0.15) is 0 Å². The lowest BCUT2D eigenvalue weighted by Crippen LogP contribution is -2.08. The van der Waals surface area contributed by atoms with Gasteiger partial charge in [0.15, 0.2) is 11.5 Å². The second kappa shape index (κ2) is 6.44. The van der Waals surface area contributed by atoms with Crippen molar-refractivity contribution < 1.29 is 0 Å². The topological polar surface area (TPSA) is 67.9 Å². The molecule has 5 nitrogen and oxygen atoms in total. The first kappa shape index (κ1) is 16.0. The molecule has 0 aliphatic carbocycles. The van der Waals surface area contributed by atoms with Gasteiger partial charge in [-0.1, -0.05) is 12.1 Å². The number of hydrogen-bond donors (Lipinski definition) is 1. The van der Waals surface area contributed by atoms with Crippen LogP contribution in [0.15, 0.2) is 66.9 Å². The first-order valence-corrected chi connectivity index (χ1v) is 8.38. The van der Waals surface area contributed by atoms with E-state index in [1.54, 1.807) is 6.20 Å². The van der Waals surface area contributed by atoms with Crippen molar-refractivity contribution in [3.05, 3.63) is 66.9 Å². The van der Waals surface area contributed by atoms with Gasteiger partial charge < -0.3 is 10.6 Å². The summed E-state index contributed by atoms with van der Waals surface area (Å²) in [6, 6.07) is 19.8. The molecule has 0 spiro atoms. The van der Waals surface area contributed by atoms with Gasteiger partial charge in [-0.15, -0.1) is 0 Å². The van der Waals surface area contributed by atoms with E-state index in [-0.39, 0.29) is 0 Å². The van der Waals surface area contributed by atoms with Gasteiger partial charge in [-0.3, -0.25) is 0 Å². The molecule has 2 aromatic carbocycles. The molecule has 5 heteroatoms. The maximum Gasteiger partial charge on any atom is 0.163 e. The zero-order valence-corrected chi connectivity index (χ0v) is 14.7. The lowest BCUT2D eigenvalue weighted by atomic mass is 10.1. The minimum atomic E-state index is 0.642. The van der Waals surface area contributed by atoms with Crippen LogP contribution in [0.2, 0.25) is 0 Å². The molecule has 128 valence electrons. The van der Waals surface area contributed by atoms with Gasteiger partial charge in [-0.2, -0.15) is 0 Å². The molecule has 2 heterocycles. The quantitative estimate of drug-likeness (QED) is 0.570. The third kappa shape index (κ3) is 2.95. The first-order valence-electron chi connectivity index (χ1n) is 8.38. The van der Waals surface area contributed by atoms with Crippen molar-refractivity contribution in [1.29, 1.82) is 0 Å². The molecule has 0 unspecified atom stereocenters. The number of rotatable bonds is 3. The SMILES string of the molecule is CN(C)c1ccc(-c2nc(-c3ccc(N)cc3)nc3ncccc23)cc1.